The number of nitrogens with two attached hydrogens (primary N) is 1. The molecule has 6 heteroatoms. The highest BCUT2D eigenvalue weighted by molar-refractivity contribution is 5.67. The molecule has 0 aliphatic heterocycles. The van der Waals surface area contributed by atoms with E-state index < -0.39 is 0 Å². The van der Waals surface area contributed by atoms with Crippen LogP contribution in [-0.2, 0) is 4.74 Å². The average Bonchev–Trinajstić information content (AvgIpc) is 2.26. The molecule has 0 bridgehead atoms. The van der Waals surface area contributed by atoms with E-state index in [2.05, 4.69) is 9.97 Å². The molecule has 0 saturated carbocycles. The second kappa shape index (κ2) is 5.35. The summed E-state index contributed by atoms with van der Waals surface area (Å²) in [4.78, 5) is 9.89. The topological polar surface area (TPSA) is 73.5 Å². The second-order valence-electron chi connectivity index (χ2n) is 3.03. The van der Waals surface area contributed by atoms with E-state index in [4.69, 9.17) is 15.2 Å². The zero-order valence-electron chi connectivity index (χ0n) is 9.23. The highest BCUT2D eigenvalue weighted by Crippen LogP contribution is 2.26. The summed E-state index contributed by atoms with van der Waals surface area (Å²) < 4.78 is 9.98. The number of hydrogen-bond acceptors (Lipinski definition) is 6. The van der Waals surface area contributed by atoms with Crippen molar-refractivity contribution in [2.24, 2.45) is 0 Å². The van der Waals surface area contributed by atoms with E-state index in [9.17, 15) is 0 Å². The minimum Gasteiger partial charge on any atom is -0.479 e. The molecule has 0 radical (unpaired) electrons. The number of rotatable bonds is 5. The van der Waals surface area contributed by atoms with E-state index in [1.807, 2.05) is 11.9 Å². The van der Waals surface area contributed by atoms with Gasteiger partial charge in [-0.3, -0.25) is 0 Å². The lowest BCUT2D eigenvalue weighted by molar-refractivity contribution is 0.206. The molecule has 1 aromatic rings. The lowest BCUT2D eigenvalue weighted by Gasteiger charge is -2.19. The molecule has 84 valence electrons. The van der Waals surface area contributed by atoms with Gasteiger partial charge in [-0.25, -0.2) is 4.98 Å². The molecule has 0 unspecified atom stereocenters. The summed E-state index contributed by atoms with van der Waals surface area (Å²) in [6.45, 7) is 1.32. The van der Waals surface area contributed by atoms with Crippen LogP contribution in [0.25, 0.3) is 0 Å². The van der Waals surface area contributed by atoms with Crippen molar-refractivity contribution in [2.45, 2.75) is 0 Å². The van der Waals surface area contributed by atoms with Gasteiger partial charge in [-0.15, -0.1) is 0 Å². The molecule has 0 atom stereocenters. The van der Waals surface area contributed by atoms with E-state index in [1.165, 1.54) is 13.4 Å². The maximum absolute atomic E-state index is 5.83. The predicted octanol–water partition coefficient (Wildman–Crippen LogP) is 0.150. The first-order chi connectivity index (χ1) is 7.20. The number of nitrogens with zero attached hydrogens (tertiary/aromatic N) is 3. The smallest absolute Gasteiger partial charge is 0.242 e. The molecule has 0 saturated heterocycles. The molecule has 0 aliphatic rings. The van der Waals surface area contributed by atoms with Gasteiger partial charge in [0.25, 0.3) is 0 Å². The van der Waals surface area contributed by atoms with Crippen molar-refractivity contribution in [3.63, 3.8) is 0 Å². The van der Waals surface area contributed by atoms with Crippen molar-refractivity contribution < 1.29 is 9.47 Å². The zero-order chi connectivity index (χ0) is 11.3. The van der Waals surface area contributed by atoms with Gasteiger partial charge in [-0.05, 0) is 0 Å². The van der Waals surface area contributed by atoms with Crippen LogP contribution >= 0.6 is 0 Å². The van der Waals surface area contributed by atoms with Crippen molar-refractivity contribution in [1.29, 1.82) is 0 Å². The van der Waals surface area contributed by atoms with Crippen LogP contribution in [-0.4, -0.2) is 44.4 Å². The average molecular weight is 212 g/mol. The minimum absolute atomic E-state index is 0.393. The van der Waals surface area contributed by atoms with Crippen LogP contribution in [0.3, 0.4) is 0 Å². The first-order valence-corrected chi connectivity index (χ1v) is 4.55. The lowest BCUT2D eigenvalue weighted by Crippen LogP contribution is -2.24. The zero-order valence-corrected chi connectivity index (χ0v) is 9.23. The summed E-state index contributed by atoms with van der Waals surface area (Å²) in [5.41, 5.74) is 6.28. The Balaban J connectivity index is 2.83. The van der Waals surface area contributed by atoms with Crippen LogP contribution in [0.4, 0.5) is 11.5 Å². The molecule has 2 N–H and O–H groups in total. The lowest BCUT2D eigenvalue weighted by atomic mass is 10.4. The van der Waals surface area contributed by atoms with Crippen LogP contribution in [0.5, 0.6) is 5.88 Å². The molecule has 0 fully saturated rings. The predicted molar refractivity (Wildman–Crippen MR) is 58.1 cm³/mol. The molecule has 1 heterocycles. The number of hydrogen-bond donors (Lipinski definition) is 1. The van der Waals surface area contributed by atoms with Crippen LogP contribution < -0.4 is 15.4 Å². The minimum atomic E-state index is 0.393. The van der Waals surface area contributed by atoms with Crippen LogP contribution in [0, 0.1) is 0 Å². The largest absolute Gasteiger partial charge is 0.479 e. The van der Waals surface area contributed by atoms with Gasteiger partial charge in [-0.1, -0.05) is 0 Å². The van der Waals surface area contributed by atoms with Gasteiger partial charge >= 0.3 is 0 Å². The number of likely N-dealkylation sites (N-methyl/N-ethyl adjacent to an activating group) is 1. The Labute approximate surface area is 89.0 Å². The third-order valence-corrected chi connectivity index (χ3v) is 2.01. The van der Waals surface area contributed by atoms with Gasteiger partial charge in [0, 0.05) is 20.7 Å². The van der Waals surface area contributed by atoms with Crippen LogP contribution in [0.2, 0.25) is 0 Å². The van der Waals surface area contributed by atoms with Gasteiger partial charge in [0.15, 0.2) is 5.82 Å². The summed E-state index contributed by atoms with van der Waals surface area (Å²) in [6.07, 6.45) is 1.42. The van der Waals surface area contributed by atoms with Crippen molar-refractivity contribution in [3.05, 3.63) is 6.33 Å². The highest BCUT2D eigenvalue weighted by Gasteiger charge is 2.11. The van der Waals surface area contributed by atoms with Gasteiger partial charge in [0.05, 0.1) is 13.7 Å². The molecule has 0 amide bonds. The van der Waals surface area contributed by atoms with Gasteiger partial charge in [0.2, 0.25) is 5.88 Å². The van der Waals surface area contributed by atoms with E-state index in [0.717, 1.165) is 0 Å². The summed E-state index contributed by atoms with van der Waals surface area (Å²) >= 11 is 0. The van der Waals surface area contributed by atoms with E-state index in [0.29, 0.717) is 30.5 Å². The SMILES string of the molecule is COCCN(C)c1ncnc(OC)c1N. The Morgan fingerprint density at radius 3 is 2.73 bits per heavy atom. The van der Waals surface area contributed by atoms with E-state index in [1.54, 1.807) is 7.11 Å². The number of nitrogen functional groups attached to an aromatic ring is 1. The molecule has 1 aromatic heterocycles. The van der Waals surface area contributed by atoms with Crippen LogP contribution in [0.15, 0.2) is 6.33 Å². The van der Waals surface area contributed by atoms with Crippen molar-refractivity contribution in [3.8, 4) is 5.88 Å². The fourth-order valence-corrected chi connectivity index (χ4v) is 1.17. The van der Waals surface area contributed by atoms with Gasteiger partial charge in [-0.2, -0.15) is 4.98 Å². The van der Waals surface area contributed by atoms with Crippen molar-refractivity contribution >= 4 is 11.5 Å². The van der Waals surface area contributed by atoms with E-state index in [-0.39, 0.29) is 0 Å². The quantitative estimate of drug-likeness (QED) is 0.749. The normalized spacial score (nSPS) is 10.1. The maximum atomic E-state index is 5.83. The second-order valence-corrected chi connectivity index (χ2v) is 3.03. The first kappa shape index (κ1) is 11.5. The number of methoxy groups -OCH3 is 2. The summed E-state index contributed by atoms with van der Waals surface area (Å²) in [5.74, 6) is 1.04. The Kier molecular flexibility index (Phi) is 4.11. The van der Waals surface area contributed by atoms with Gasteiger partial charge < -0.3 is 20.1 Å². The summed E-state index contributed by atoms with van der Waals surface area (Å²) in [6, 6.07) is 0. The Morgan fingerprint density at radius 2 is 2.13 bits per heavy atom. The third kappa shape index (κ3) is 2.69. The third-order valence-electron chi connectivity index (χ3n) is 2.01. The summed E-state index contributed by atoms with van der Waals surface area (Å²) in [5, 5.41) is 0. The number of aromatic nitrogens is 2. The molecule has 1 rings (SSSR count). The van der Waals surface area contributed by atoms with Crippen LogP contribution in [0.1, 0.15) is 0 Å². The molecule has 0 aliphatic carbocycles. The monoisotopic (exact) mass is 212 g/mol. The maximum Gasteiger partial charge on any atom is 0.242 e. The van der Waals surface area contributed by atoms with Gasteiger partial charge in [0.1, 0.15) is 12.0 Å². The Bertz CT molecular complexity index is 319. The van der Waals surface area contributed by atoms with Crippen molar-refractivity contribution in [2.75, 3.05) is 45.1 Å². The standard InChI is InChI=1S/C9H16N4O2/c1-13(4-5-14-2)8-7(10)9(15-3)12-6-11-8/h6H,4-5,10H2,1-3H3. The molecule has 6 nitrogen and oxygen atoms in total. The molecular formula is C9H16N4O2. The Hall–Kier alpha value is -1.56. The first-order valence-electron chi connectivity index (χ1n) is 4.55. The van der Waals surface area contributed by atoms with E-state index >= 15 is 0 Å². The molecular weight excluding hydrogens is 196 g/mol. The highest BCUT2D eigenvalue weighted by atomic mass is 16.5. The number of anilines is 2. The molecule has 0 spiro atoms. The Morgan fingerprint density at radius 1 is 1.40 bits per heavy atom. The van der Waals surface area contributed by atoms with Crippen molar-refractivity contribution in [1.82, 2.24) is 9.97 Å². The number of ether oxygens (including phenoxy) is 2. The summed E-state index contributed by atoms with van der Waals surface area (Å²) in [7, 11) is 5.06. The molecule has 15 heavy (non-hydrogen) atoms. The fourth-order valence-electron chi connectivity index (χ4n) is 1.17. The fraction of sp³-hybridized carbons (Fsp3) is 0.556. The molecule has 0 aromatic carbocycles.